The summed E-state index contributed by atoms with van der Waals surface area (Å²) in [4.78, 5) is 17.4. The molecule has 132 valence electrons. The molecule has 0 bridgehead atoms. The summed E-state index contributed by atoms with van der Waals surface area (Å²) in [6, 6.07) is 15.3. The van der Waals surface area contributed by atoms with E-state index in [1.807, 2.05) is 24.3 Å². The lowest BCUT2D eigenvalue weighted by Gasteiger charge is -2.35. The van der Waals surface area contributed by atoms with Gasteiger partial charge in [-0.15, -0.1) is 0 Å². The molecule has 0 aliphatic carbocycles. The molecule has 5 nitrogen and oxygen atoms in total. The van der Waals surface area contributed by atoms with Crippen LogP contribution in [0.2, 0.25) is 0 Å². The number of aliphatic hydroxyl groups is 1. The standard InChI is InChI=1S/C20H24N2O3/c23-18(10-9-15-5-2-1-3-6-15)16-11-13-22(14-12-16)19-8-4-7-17(21-19)20(24)25/h1-8,16,18,23H,9-14H2,(H,24,25)/t18-/m0/s1. The van der Waals surface area contributed by atoms with Gasteiger partial charge in [0.15, 0.2) is 5.69 Å². The van der Waals surface area contributed by atoms with E-state index in [4.69, 9.17) is 5.11 Å². The third kappa shape index (κ3) is 4.57. The fraction of sp³-hybridized carbons (Fsp3) is 0.400. The zero-order valence-corrected chi connectivity index (χ0v) is 14.2. The number of hydrogen-bond donors (Lipinski definition) is 2. The largest absolute Gasteiger partial charge is 0.477 e. The summed E-state index contributed by atoms with van der Waals surface area (Å²) in [5.41, 5.74) is 1.33. The van der Waals surface area contributed by atoms with Gasteiger partial charge in [0.25, 0.3) is 0 Å². The minimum atomic E-state index is -1.01. The molecule has 1 aromatic heterocycles. The number of rotatable bonds is 6. The summed E-state index contributed by atoms with van der Waals surface area (Å²) >= 11 is 0. The van der Waals surface area contributed by atoms with Gasteiger partial charge in [0.2, 0.25) is 0 Å². The van der Waals surface area contributed by atoms with Crippen molar-refractivity contribution < 1.29 is 15.0 Å². The molecule has 25 heavy (non-hydrogen) atoms. The van der Waals surface area contributed by atoms with Gasteiger partial charge in [-0.2, -0.15) is 0 Å². The Balaban J connectivity index is 1.51. The van der Waals surface area contributed by atoms with Gasteiger partial charge in [-0.25, -0.2) is 9.78 Å². The molecule has 1 aliphatic rings. The number of aromatic nitrogens is 1. The van der Waals surface area contributed by atoms with E-state index in [0.29, 0.717) is 11.7 Å². The highest BCUT2D eigenvalue weighted by Crippen LogP contribution is 2.26. The van der Waals surface area contributed by atoms with Crippen LogP contribution in [-0.4, -0.2) is 40.4 Å². The number of hydrogen-bond acceptors (Lipinski definition) is 4. The second kappa shape index (κ2) is 8.12. The Morgan fingerprint density at radius 3 is 2.52 bits per heavy atom. The quantitative estimate of drug-likeness (QED) is 0.846. The van der Waals surface area contributed by atoms with Gasteiger partial charge in [0, 0.05) is 13.1 Å². The molecular weight excluding hydrogens is 316 g/mol. The number of benzene rings is 1. The number of aromatic carboxylic acids is 1. The zero-order chi connectivity index (χ0) is 17.6. The predicted octanol–water partition coefficient (Wildman–Crippen LogP) is 2.99. The molecule has 2 N–H and O–H groups in total. The number of carboxylic acid groups (broad SMARTS) is 1. The van der Waals surface area contributed by atoms with Crippen LogP contribution in [0.4, 0.5) is 5.82 Å². The molecule has 1 aromatic carbocycles. The maximum Gasteiger partial charge on any atom is 0.354 e. The number of aliphatic hydroxyl groups excluding tert-OH is 1. The van der Waals surface area contributed by atoms with Crippen molar-refractivity contribution in [3.63, 3.8) is 0 Å². The van der Waals surface area contributed by atoms with Gasteiger partial charge >= 0.3 is 5.97 Å². The van der Waals surface area contributed by atoms with Crippen LogP contribution in [0.3, 0.4) is 0 Å². The van der Waals surface area contributed by atoms with Crippen molar-refractivity contribution >= 4 is 11.8 Å². The molecule has 0 saturated carbocycles. The molecule has 2 aromatic rings. The number of nitrogens with zero attached hydrogens (tertiary/aromatic N) is 2. The second-order valence-corrected chi connectivity index (χ2v) is 6.60. The number of piperidine rings is 1. The van der Waals surface area contributed by atoms with Crippen LogP contribution in [0.5, 0.6) is 0 Å². The van der Waals surface area contributed by atoms with Crippen molar-refractivity contribution in [1.29, 1.82) is 0 Å². The molecule has 0 radical (unpaired) electrons. The Morgan fingerprint density at radius 2 is 1.84 bits per heavy atom. The topological polar surface area (TPSA) is 73.7 Å². The fourth-order valence-electron chi connectivity index (χ4n) is 3.43. The van der Waals surface area contributed by atoms with Crippen LogP contribution in [0, 0.1) is 5.92 Å². The Labute approximate surface area is 147 Å². The summed E-state index contributed by atoms with van der Waals surface area (Å²) < 4.78 is 0. The third-order valence-corrected chi connectivity index (χ3v) is 4.93. The molecule has 0 spiro atoms. The Morgan fingerprint density at radius 1 is 1.12 bits per heavy atom. The predicted molar refractivity (Wildman–Crippen MR) is 96.9 cm³/mol. The lowest BCUT2D eigenvalue weighted by atomic mass is 9.88. The van der Waals surface area contributed by atoms with Crippen molar-refractivity contribution in [3.05, 3.63) is 59.8 Å². The first-order chi connectivity index (χ1) is 12.1. The first-order valence-electron chi connectivity index (χ1n) is 8.81. The average Bonchev–Trinajstić information content (AvgIpc) is 2.67. The first kappa shape index (κ1) is 17.4. The highest BCUT2D eigenvalue weighted by molar-refractivity contribution is 5.85. The lowest BCUT2D eigenvalue weighted by Crippen LogP contribution is -2.38. The SMILES string of the molecule is O=C(O)c1cccc(N2CCC([C@@H](O)CCc3ccccc3)CC2)n1. The molecular formula is C20H24N2O3. The van der Waals surface area contributed by atoms with E-state index in [0.717, 1.165) is 38.8 Å². The first-order valence-corrected chi connectivity index (χ1v) is 8.81. The van der Waals surface area contributed by atoms with E-state index in [1.54, 1.807) is 6.07 Å². The Bertz CT molecular complexity index is 697. The Hall–Kier alpha value is -2.40. The van der Waals surface area contributed by atoms with Gasteiger partial charge in [-0.3, -0.25) is 0 Å². The molecule has 0 amide bonds. The van der Waals surface area contributed by atoms with Gasteiger partial charge < -0.3 is 15.1 Å². The molecule has 1 atom stereocenters. The molecule has 1 saturated heterocycles. The third-order valence-electron chi connectivity index (χ3n) is 4.93. The minimum absolute atomic E-state index is 0.0718. The number of pyridine rings is 1. The molecule has 3 rings (SSSR count). The van der Waals surface area contributed by atoms with Crippen LogP contribution in [0.1, 0.15) is 35.3 Å². The van der Waals surface area contributed by atoms with Crippen molar-refractivity contribution in [2.75, 3.05) is 18.0 Å². The van der Waals surface area contributed by atoms with Gasteiger partial charge in [0.05, 0.1) is 6.10 Å². The van der Waals surface area contributed by atoms with E-state index in [2.05, 4.69) is 22.0 Å². The summed E-state index contributed by atoms with van der Waals surface area (Å²) in [7, 11) is 0. The minimum Gasteiger partial charge on any atom is -0.477 e. The van der Waals surface area contributed by atoms with E-state index in [1.165, 1.54) is 11.6 Å². The number of carboxylic acids is 1. The Kier molecular flexibility index (Phi) is 5.66. The summed E-state index contributed by atoms with van der Waals surface area (Å²) in [5.74, 6) is -0.00665. The van der Waals surface area contributed by atoms with Gasteiger partial charge in [0.1, 0.15) is 5.82 Å². The van der Waals surface area contributed by atoms with E-state index >= 15 is 0 Å². The molecule has 5 heteroatoms. The average molecular weight is 340 g/mol. The van der Waals surface area contributed by atoms with Crippen molar-refractivity contribution in [2.45, 2.75) is 31.8 Å². The number of carbonyl (C=O) groups is 1. The van der Waals surface area contributed by atoms with E-state index in [9.17, 15) is 9.90 Å². The van der Waals surface area contributed by atoms with Gasteiger partial charge in [-0.1, -0.05) is 36.4 Å². The monoisotopic (exact) mass is 340 g/mol. The zero-order valence-electron chi connectivity index (χ0n) is 14.2. The highest BCUT2D eigenvalue weighted by Gasteiger charge is 2.26. The van der Waals surface area contributed by atoms with Crippen molar-refractivity contribution in [3.8, 4) is 0 Å². The maximum atomic E-state index is 11.1. The van der Waals surface area contributed by atoms with Crippen LogP contribution in [0.15, 0.2) is 48.5 Å². The number of aryl methyl sites for hydroxylation is 1. The molecule has 0 unspecified atom stereocenters. The highest BCUT2D eigenvalue weighted by atomic mass is 16.4. The normalized spacial score (nSPS) is 16.6. The molecule has 1 fully saturated rings. The summed E-state index contributed by atoms with van der Waals surface area (Å²) in [6.45, 7) is 1.59. The van der Waals surface area contributed by atoms with Gasteiger partial charge in [-0.05, 0) is 49.3 Å². The molecule has 1 aliphatic heterocycles. The van der Waals surface area contributed by atoms with Crippen LogP contribution >= 0.6 is 0 Å². The lowest BCUT2D eigenvalue weighted by molar-refractivity contribution is 0.0690. The fourth-order valence-corrected chi connectivity index (χ4v) is 3.43. The van der Waals surface area contributed by atoms with E-state index < -0.39 is 5.97 Å². The number of anilines is 1. The smallest absolute Gasteiger partial charge is 0.354 e. The summed E-state index contributed by atoms with van der Waals surface area (Å²) in [6.07, 6.45) is 3.18. The van der Waals surface area contributed by atoms with Crippen LogP contribution < -0.4 is 4.90 Å². The van der Waals surface area contributed by atoms with Crippen molar-refractivity contribution in [1.82, 2.24) is 4.98 Å². The van der Waals surface area contributed by atoms with E-state index in [-0.39, 0.29) is 11.8 Å². The van der Waals surface area contributed by atoms with Crippen molar-refractivity contribution in [2.24, 2.45) is 5.92 Å². The van der Waals surface area contributed by atoms with Crippen LogP contribution in [-0.2, 0) is 6.42 Å². The summed E-state index contributed by atoms with van der Waals surface area (Å²) in [5, 5.41) is 19.6. The second-order valence-electron chi connectivity index (χ2n) is 6.60. The van der Waals surface area contributed by atoms with Crippen LogP contribution in [0.25, 0.3) is 0 Å². The maximum absolute atomic E-state index is 11.1. The molecule has 2 heterocycles.